The Hall–Kier alpha value is -1.63. The minimum absolute atomic E-state index is 0.0398. The summed E-state index contributed by atoms with van der Waals surface area (Å²) in [5.74, 6) is -0.943. The quantitative estimate of drug-likeness (QED) is 0.824. The molecule has 0 unspecified atom stereocenters. The van der Waals surface area contributed by atoms with Crippen LogP contribution in [0.4, 0.5) is 5.82 Å². The number of aromatic nitrogens is 1. The van der Waals surface area contributed by atoms with Crippen molar-refractivity contribution in [1.82, 2.24) is 10.3 Å². The Morgan fingerprint density at radius 3 is 2.65 bits per heavy atom. The number of halogens is 1. The van der Waals surface area contributed by atoms with Crippen LogP contribution < -0.4 is 10.2 Å². The molecule has 0 aliphatic heterocycles. The zero-order chi connectivity index (χ0) is 15.3. The molecule has 6 nitrogen and oxygen atoms in total. The Balaban J connectivity index is 3.00. The van der Waals surface area contributed by atoms with E-state index in [0.29, 0.717) is 16.8 Å². The number of amides is 1. The predicted octanol–water partition coefficient (Wildman–Crippen LogP) is 1.89. The zero-order valence-corrected chi connectivity index (χ0v) is 13.3. The Morgan fingerprint density at radius 2 is 2.15 bits per heavy atom. The van der Waals surface area contributed by atoms with Crippen LogP contribution in [0, 0.1) is 0 Å². The fourth-order valence-electron chi connectivity index (χ4n) is 1.72. The zero-order valence-electron chi connectivity index (χ0n) is 11.7. The molecule has 0 atom stereocenters. The smallest absolute Gasteiger partial charge is 0.339 e. The van der Waals surface area contributed by atoms with Crippen molar-refractivity contribution in [3.63, 3.8) is 0 Å². The molecule has 0 fully saturated rings. The fourth-order valence-corrected chi connectivity index (χ4v) is 2.05. The first-order chi connectivity index (χ1) is 9.35. The lowest BCUT2D eigenvalue weighted by Gasteiger charge is -2.23. The van der Waals surface area contributed by atoms with Gasteiger partial charge in [0.15, 0.2) is 0 Å². The topological polar surface area (TPSA) is 82.5 Å². The van der Waals surface area contributed by atoms with Crippen molar-refractivity contribution in [2.75, 3.05) is 18.0 Å². The van der Waals surface area contributed by atoms with Crippen LogP contribution in [0.3, 0.4) is 0 Å². The average Bonchev–Trinajstić information content (AvgIpc) is 2.35. The minimum Gasteiger partial charge on any atom is -0.478 e. The molecule has 0 aliphatic carbocycles. The van der Waals surface area contributed by atoms with E-state index in [-0.39, 0.29) is 24.1 Å². The second-order valence-electron chi connectivity index (χ2n) is 4.57. The summed E-state index contributed by atoms with van der Waals surface area (Å²) in [7, 11) is 0. The SMILES string of the molecule is CCN(CC(=O)NC(C)C)c1ncc(Br)cc1C(=O)O. The molecule has 0 aromatic carbocycles. The van der Waals surface area contributed by atoms with Crippen molar-refractivity contribution in [3.05, 3.63) is 22.3 Å². The lowest BCUT2D eigenvalue weighted by atomic mass is 10.2. The molecule has 1 aromatic heterocycles. The van der Waals surface area contributed by atoms with E-state index in [1.54, 1.807) is 4.90 Å². The number of carbonyl (C=O) groups excluding carboxylic acids is 1. The third kappa shape index (κ3) is 4.48. The molecule has 0 bridgehead atoms. The number of nitrogens with zero attached hydrogens (tertiary/aromatic N) is 2. The molecule has 0 radical (unpaired) electrons. The Morgan fingerprint density at radius 1 is 1.50 bits per heavy atom. The van der Waals surface area contributed by atoms with Crippen molar-refractivity contribution in [2.45, 2.75) is 26.8 Å². The van der Waals surface area contributed by atoms with Gasteiger partial charge in [-0.15, -0.1) is 0 Å². The van der Waals surface area contributed by atoms with E-state index in [9.17, 15) is 14.7 Å². The maximum absolute atomic E-state index is 11.8. The normalized spacial score (nSPS) is 10.4. The Bertz CT molecular complexity index is 506. The molecular weight excluding hydrogens is 326 g/mol. The Kier molecular flexibility index (Phi) is 5.94. The number of hydrogen-bond donors (Lipinski definition) is 2. The standard InChI is InChI=1S/C13H18BrN3O3/c1-4-17(7-11(18)16-8(2)3)12-10(13(19)20)5-9(14)6-15-12/h5-6,8H,4,7H2,1-3H3,(H,16,18)(H,19,20). The van der Waals surface area contributed by atoms with E-state index in [4.69, 9.17) is 0 Å². The van der Waals surface area contributed by atoms with Crippen molar-refractivity contribution >= 4 is 33.6 Å². The van der Waals surface area contributed by atoms with Gasteiger partial charge in [0.2, 0.25) is 5.91 Å². The van der Waals surface area contributed by atoms with Gasteiger partial charge in [-0.2, -0.15) is 0 Å². The molecule has 0 saturated carbocycles. The number of hydrogen-bond acceptors (Lipinski definition) is 4. The van der Waals surface area contributed by atoms with Gasteiger partial charge in [-0.25, -0.2) is 9.78 Å². The van der Waals surface area contributed by atoms with Gasteiger partial charge in [0.05, 0.1) is 6.54 Å². The first-order valence-corrected chi connectivity index (χ1v) is 7.07. The second-order valence-corrected chi connectivity index (χ2v) is 5.48. The van der Waals surface area contributed by atoms with Gasteiger partial charge in [-0.3, -0.25) is 4.79 Å². The first kappa shape index (κ1) is 16.4. The number of carboxylic acid groups (broad SMARTS) is 1. The maximum Gasteiger partial charge on any atom is 0.339 e. The van der Waals surface area contributed by atoms with Gasteiger partial charge < -0.3 is 15.3 Å². The van der Waals surface area contributed by atoms with Crippen molar-refractivity contribution in [1.29, 1.82) is 0 Å². The van der Waals surface area contributed by atoms with Crippen LogP contribution in [0.5, 0.6) is 0 Å². The summed E-state index contributed by atoms with van der Waals surface area (Å²) >= 11 is 3.20. The molecular formula is C13H18BrN3O3. The number of likely N-dealkylation sites (N-methyl/N-ethyl adjacent to an activating group) is 1. The van der Waals surface area contributed by atoms with Crippen LogP contribution in [0.15, 0.2) is 16.7 Å². The number of carboxylic acids is 1. The number of pyridine rings is 1. The van der Waals surface area contributed by atoms with Gasteiger partial charge >= 0.3 is 5.97 Å². The number of carbonyl (C=O) groups is 2. The molecule has 7 heteroatoms. The highest BCUT2D eigenvalue weighted by Crippen LogP contribution is 2.21. The lowest BCUT2D eigenvalue weighted by Crippen LogP contribution is -2.40. The van der Waals surface area contributed by atoms with E-state index in [2.05, 4.69) is 26.2 Å². The molecule has 1 amide bonds. The number of nitrogens with one attached hydrogen (secondary N) is 1. The van der Waals surface area contributed by atoms with Gasteiger partial charge in [-0.1, -0.05) is 0 Å². The van der Waals surface area contributed by atoms with E-state index >= 15 is 0 Å². The van der Waals surface area contributed by atoms with Crippen LogP contribution in [-0.2, 0) is 4.79 Å². The molecule has 0 spiro atoms. The minimum atomic E-state index is -1.07. The predicted molar refractivity (Wildman–Crippen MR) is 80.1 cm³/mol. The molecule has 2 N–H and O–H groups in total. The summed E-state index contributed by atoms with van der Waals surface area (Å²) in [4.78, 5) is 28.8. The summed E-state index contributed by atoms with van der Waals surface area (Å²) in [6, 6.07) is 1.52. The Labute approximate surface area is 126 Å². The number of anilines is 1. The maximum atomic E-state index is 11.8. The number of rotatable bonds is 6. The second kappa shape index (κ2) is 7.23. The van der Waals surface area contributed by atoms with Crippen LogP contribution in [-0.4, -0.2) is 41.1 Å². The third-order valence-electron chi connectivity index (χ3n) is 2.53. The highest BCUT2D eigenvalue weighted by atomic mass is 79.9. The summed E-state index contributed by atoms with van der Waals surface area (Å²) in [5, 5.41) is 12.0. The molecule has 1 rings (SSSR count). The fraction of sp³-hybridized carbons (Fsp3) is 0.462. The molecule has 0 aliphatic rings. The molecule has 20 heavy (non-hydrogen) atoms. The van der Waals surface area contributed by atoms with Crippen molar-refractivity contribution in [2.24, 2.45) is 0 Å². The summed E-state index contributed by atoms with van der Waals surface area (Å²) < 4.78 is 0.585. The van der Waals surface area contributed by atoms with E-state index in [0.717, 1.165) is 0 Å². The molecule has 110 valence electrons. The molecule has 1 heterocycles. The third-order valence-corrected chi connectivity index (χ3v) is 2.96. The highest BCUT2D eigenvalue weighted by Gasteiger charge is 2.19. The number of aromatic carboxylic acids is 1. The van der Waals surface area contributed by atoms with E-state index in [1.165, 1.54) is 12.3 Å². The largest absolute Gasteiger partial charge is 0.478 e. The van der Waals surface area contributed by atoms with Crippen LogP contribution >= 0.6 is 15.9 Å². The summed E-state index contributed by atoms with van der Waals surface area (Å²) in [5.41, 5.74) is 0.0681. The average molecular weight is 344 g/mol. The summed E-state index contributed by atoms with van der Waals surface area (Å²) in [6.45, 7) is 6.14. The molecule has 1 aromatic rings. The monoisotopic (exact) mass is 343 g/mol. The van der Waals surface area contributed by atoms with Gasteiger partial charge in [-0.05, 0) is 42.8 Å². The van der Waals surface area contributed by atoms with Gasteiger partial charge in [0.1, 0.15) is 11.4 Å². The van der Waals surface area contributed by atoms with Gasteiger partial charge in [0.25, 0.3) is 0 Å². The molecule has 0 saturated heterocycles. The van der Waals surface area contributed by atoms with Crippen LogP contribution in [0.1, 0.15) is 31.1 Å². The van der Waals surface area contributed by atoms with Crippen LogP contribution in [0.25, 0.3) is 0 Å². The van der Waals surface area contributed by atoms with Crippen LogP contribution in [0.2, 0.25) is 0 Å². The highest BCUT2D eigenvalue weighted by molar-refractivity contribution is 9.10. The summed E-state index contributed by atoms with van der Waals surface area (Å²) in [6.07, 6.45) is 1.52. The first-order valence-electron chi connectivity index (χ1n) is 6.28. The van der Waals surface area contributed by atoms with E-state index in [1.807, 2.05) is 20.8 Å². The van der Waals surface area contributed by atoms with Crippen molar-refractivity contribution in [3.8, 4) is 0 Å². The van der Waals surface area contributed by atoms with E-state index < -0.39 is 5.97 Å². The van der Waals surface area contributed by atoms with Gasteiger partial charge in [0, 0.05) is 23.3 Å². The lowest BCUT2D eigenvalue weighted by molar-refractivity contribution is -0.120. The van der Waals surface area contributed by atoms with Crippen molar-refractivity contribution < 1.29 is 14.7 Å².